The lowest BCUT2D eigenvalue weighted by atomic mass is 10.0. The molecule has 146 valence electrons. The molecule has 29 heavy (non-hydrogen) atoms. The molecule has 0 aliphatic heterocycles. The number of Topliss-reactive ketones (excluding diaryl/α,β-unsaturated/α-hetero) is 1. The van der Waals surface area contributed by atoms with Crippen molar-refractivity contribution in [2.45, 2.75) is 20.0 Å². The van der Waals surface area contributed by atoms with Gasteiger partial charge in [0.05, 0.1) is 22.5 Å². The van der Waals surface area contributed by atoms with Gasteiger partial charge in [-0.05, 0) is 18.6 Å². The maximum atomic E-state index is 13.4. The minimum atomic E-state index is -0.590. The summed E-state index contributed by atoms with van der Waals surface area (Å²) in [7, 11) is 0. The van der Waals surface area contributed by atoms with Gasteiger partial charge in [0.1, 0.15) is 11.6 Å². The number of ketones is 1. The third-order valence-electron chi connectivity index (χ3n) is 4.85. The molecule has 0 N–H and O–H groups in total. The van der Waals surface area contributed by atoms with Crippen LogP contribution in [-0.2, 0) is 13.1 Å². The largest absolute Gasteiger partial charge is 0.340 e. The number of aryl methyl sites for hydroxylation is 1. The lowest BCUT2D eigenvalue weighted by molar-refractivity contribution is 0.0968. The van der Waals surface area contributed by atoms with Crippen LogP contribution >= 0.6 is 23.2 Å². The Morgan fingerprint density at radius 1 is 1.03 bits per heavy atom. The number of para-hydroxylation sites is 1. The Kier molecular flexibility index (Phi) is 5.26. The fourth-order valence-electron chi connectivity index (χ4n) is 3.58. The fourth-order valence-corrected chi connectivity index (χ4v) is 3.85. The van der Waals surface area contributed by atoms with E-state index in [0.29, 0.717) is 12.1 Å². The van der Waals surface area contributed by atoms with E-state index >= 15 is 0 Å². The summed E-state index contributed by atoms with van der Waals surface area (Å²) in [5, 5.41) is 4.73. The number of benzene rings is 2. The first-order valence-corrected chi connectivity index (χ1v) is 9.89. The highest BCUT2D eigenvalue weighted by Crippen LogP contribution is 2.34. The molecule has 0 radical (unpaired) electrons. The number of carbonyl (C=O) groups is 1. The van der Waals surface area contributed by atoms with Gasteiger partial charge in [0, 0.05) is 17.4 Å². The smallest absolute Gasteiger partial charge is 0.287 e. The predicted molar refractivity (Wildman–Crippen MR) is 116 cm³/mol. The van der Waals surface area contributed by atoms with Gasteiger partial charge in [-0.15, -0.1) is 0 Å². The second kappa shape index (κ2) is 7.85. The van der Waals surface area contributed by atoms with Crippen LogP contribution in [0.4, 0.5) is 0 Å². The molecular formula is C22H17Cl2N3O2. The van der Waals surface area contributed by atoms with Gasteiger partial charge in [0.2, 0.25) is 0 Å². The van der Waals surface area contributed by atoms with E-state index < -0.39 is 5.56 Å². The summed E-state index contributed by atoms with van der Waals surface area (Å²) in [6.45, 7) is 2.51. The molecule has 4 aromatic rings. The Hall–Kier alpha value is -2.89. The highest BCUT2D eigenvalue weighted by Gasteiger charge is 2.24. The van der Waals surface area contributed by atoms with Crippen LogP contribution in [-0.4, -0.2) is 20.1 Å². The van der Waals surface area contributed by atoms with Gasteiger partial charge in [-0.2, -0.15) is 5.10 Å². The summed E-state index contributed by atoms with van der Waals surface area (Å²) >= 11 is 11.8. The molecule has 0 saturated carbocycles. The molecule has 4 rings (SSSR count). The van der Waals surface area contributed by atoms with Crippen molar-refractivity contribution in [2.24, 2.45) is 0 Å². The molecule has 7 heteroatoms. The lowest BCUT2D eigenvalue weighted by Gasteiger charge is -2.11. The van der Waals surface area contributed by atoms with E-state index in [1.54, 1.807) is 0 Å². The highest BCUT2D eigenvalue weighted by molar-refractivity contribution is 6.41. The molecule has 0 aliphatic rings. The van der Waals surface area contributed by atoms with Crippen molar-refractivity contribution in [3.8, 4) is 11.3 Å². The SMILES string of the molecule is CCn1c(-c2ccccc2)c(C(=O)Cn2ncc(Cl)c(Cl)c2=O)c2ccccc21. The van der Waals surface area contributed by atoms with Crippen LogP contribution in [0.2, 0.25) is 10.0 Å². The minimum Gasteiger partial charge on any atom is -0.340 e. The molecule has 2 aromatic heterocycles. The number of nitrogens with zero attached hydrogens (tertiary/aromatic N) is 3. The van der Waals surface area contributed by atoms with Gasteiger partial charge in [0.25, 0.3) is 5.56 Å². The van der Waals surface area contributed by atoms with Gasteiger partial charge >= 0.3 is 0 Å². The standard InChI is InChI=1S/C22H17Cl2N3O2/c1-2-26-17-11-7-6-10-15(17)19(21(26)14-8-4-3-5-9-14)18(28)13-27-22(29)20(24)16(23)12-25-27/h3-12H,2,13H2,1H3. The number of halogens is 2. The molecular weight excluding hydrogens is 409 g/mol. The Balaban J connectivity index is 1.92. The lowest BCUT2D eigenvalue weighted by Crippen LogP contribution is -2.27. The average molecular weight is 426 g/mol. The van der Waals surface area contributed by atoms with Crippen molar-refractivity contribution >= 4 is 39.9 Å². The van der Waals surface area contributed by atoms with Crippen LogP contribution in [0.5, 0.6) is 0 Å². The van der Waals surface area contributed by atoms with Crippen LogP contribution in [0.25, 0.3) is 22.2 Å². The van der Waals surface area contributed by atoms with Gasteiger partial charge in [-0.25, -0.2) is 4.68 Å². The van der Waals surface area contributed by atoms with Crippen molar-refractivity contribution in [3.05, 3.63) is 86.8 Å². The number of hydrogen-bond donors (Lipinski definition) is 0. The summed E-state index contributed by atoms with van der Waals surface area (Å²) in [5.74, 6) is -0.222. The van der Waals surface area contributed by atoms with Gasteiger partial charge in [-0.3, -0.25) is 9.59 Å². The van der Waals surface area contributed by atoms with Crippen LogP contribution in [0.1, 0.15) is 17.3 Å². The monoisotopic (exact) mass is 425 g/mol. The van der Waals surface area contributed by atoms with Gasteiger partial charge in [-0.1, -0.05) is 71.7 Å². The maximum Gasteiger partial charge on any atom is 0.287 e. The summed E-state index contributed by atoms with van der Waals surface area (Å²) < 4.78 is 3.16. The van der Waals surface area contributed by atoms with Gasteiger partial charge in [0.15, 0.2) is 5.78 Å². The maximum absolute atomic E-state index is 13.4. The number of carbonyl (C=O) groups excluding carboxylic acids is 1. The third kappa shape index (κ3) is 3.37. The zero-order valence-corrected chi connectivity index (χ0v) is 17.1. The van der Waals surface area contributed by atoms with Crippen molar-refractivity contribution in [1.82, 2.24) is 14.3 Å². The molecule has 0 unspecified atom stereocenters. The summed E-state index contributed by atoms with van der Waals surface area (Å²) in [5.41, 5.74) is 2.70. The normalized spacial score (nSPS) is 11.1. The second-order valence-electron chi connectivity index (χ2n) is 6.54. The summed E-state index contributed by atoms with van der Waals surface area (Å²) in [4.78, 5) is 25.8. The summed E-state index contributed by atoms with van der Waals surface area (Å²) in [6.07, 6.45) is 1.27. The zero-order valence-electron chi connectivity index (χ0n) is 15.6. The van der Waals surface area contributed by atoms with Crippen LogP contribution in [0, 0.1) is 0 Å². The van der Waals surface area contributed by atoms with Crippen molar-refractivity contribution in [3.63, 3.8) is 0 Å². The second-order valence-corrected chi connectivity index (χ2v) is 7.33. The highest BCUT2D eigenvalue weighted by atomic mass is 35.5. The first-order valence-electron chi connectivity index (χ1n) is 9.14. The molecule has 2 heterocycles. The number of rotatable bonds is 5. The topological polar surface area (TPSA) is 56.9 Å². The Morgan fingerprint density at radius 3 is 2.45 bits per heavy atom. The average Bonchev–Trinajstić information content (AvgIpc) is 3.09. The summed E-state index contributed by atoms with van der Waals surface area (Å²) in [6, 6.07) is 17.5. The van der Waals surface area contributed by atoms with Crippen LogP contribution in [0.3, 0.4) is 0 Å². The number of aromatic nitrogens is 3. The Morgan fingerprint density at radius 2 is 1.72 bits per heavy atom. The first-order chi connectivity index (χ1) is 14.0. The van der Waals surface area contributed by atoms with E-state index in [9.17, 15) is 9.59 Å². The third-order valence-corrected chi connectivity index (χ3v) is 5.60. The molecule has 0 amide bonds. The van der Waals surface area contributed by atoms with Crippen LogP contribution < -0.4 is 5.56 Å². The first kappa shape index (κ1) is 19.4. The number of fused-ring (bicyclic) bond motifs is 1. The Labute approximate surface area is 177 Å². The molecule has 0 saturated heterocycles. The molecule has 0 spiro atoms. The molecule has 0 aliphatic carbocycles. The van der Waals surface area contributed by atoms with E-state index in [2.05, 4.69) is 9.67 Å². The van der Waals surface area contributed by atoms with Crippen molar-refractivity contribution in [1.29, 1.82) is 0 Å². The van der Waals surface area contributed by atoms with E-state index in [0.717, 1.165) is 26.8 Å². The van der Waals surface area contributed by atoms with E-state index in [-0.39, 0.29) is 22.4 Å². The molecule has 0 bridgehead atoms. The van der Waals surface area contributed by atoms with E-state index in [4.69, 9.17) is 23.2 Å². The van der Waals surface area contributed by atoms with Gasteiger partial charge < -0.3 is 4.57 Å². The molecule has 2 aromatic carbocycles. The fraction of sp³-hybridized carbons (Fsp3) is 0.136. The van der Waals surface area contributed by atoms with Crippen molar-refractivity contribution in [2.75, 3.05) is 0 Å². The minimum absolute atomic E-state index is 0.0629. The molecule has 0 fully saturated rings. The van der Waals surface area contributed by atoms with Crippen molar-refractivity contribution < 1.29 is 4.79 Å². The predicted octanol–water partition coefficient (Wildman–Crippen LogP) is 5.07. The van der Waals surface area contributed by atoms with E-state index in [1.807, 2.05) is 61.5 Å². The number of hydrogen-bond acceptors (Lipinski definition) is 3. The quantitative estimate of drug-likeness (QED) is 0.419. The Bertz CT molecular complexity index is 1280. The molecule has 0 atom stereocenters. The molecule has 5 nitrogen and oxygen atoms in total. The van der Waals surface area contributed by atoms with Crippen LogP contribution in [0.15, 0.2) is 65.6 Å². The zero-order chi connectivity index (χ0) is 20.5. The van der Waals surface area contributed by atoms with E-state index in [1.165, 1.54) is 6.20 Å².